The van der Waals surface area contributed by atoms with Gasteiger partial charge < -0.3 is 21.1 Å². The van der Waals surface area contributed by atoms with Crippen LogP contribution >= 0.6 is 0 Å². The standard InChI is InChI=1S/C24H32F3N5O/c1-32(13-23(14-33-2)8-4-3-5-9-23)19-12-18(31-22(29)21(19)28)16-10-17(15-6-7-15)30-20(11-16)24(25,26)27/h10-12,15H,3-9,13-14,28H2,1-2H3,(H2,29,31). The Morgan fingerprint density at radius 3 is 2.39 bits per heavy atom. The number of pyridine rings is 2. The number of nitrogens with zero attached hydrogens (tertiary/aromatic N) is 3. The molecule has 180 valence electrons. The first-order valence-corrected chi connectivity index (χ1v) is 11.5. The lowest BCUT2D eigenvalue weighted by Gasteiger charge is -2.40. The highest BCUT2D eigenvalue weighted by Gasteiger charge is 2.36. The molecule has 2 fully saturated rings. The van der Waals surface area contributed by atoms with Gasteiger partial charge in [0.1, 0.15) is 11.5 Å². The zero-order valence-electron chi connectivity index (χ0n) is 19.2. The smallest absolute Gasteiger partial charge is 0.394 e. The van der Waals surface area contributed by atoms with Crippen molar-refractivity contribution in [3.8, 4) is 11.3 Å². The van der Waals surface area contributed by atoms with Crippen molar-refractivity contribution in [2.24, 2.45) is 5.41 Å². The third-order valence-electron chi connectivity index (χ3n) is 6.84. The largest absolute Gasteiger partial charge is 0.433 e. The molecule has 2 aliphatic rings. The van der Waals surface area contributed by atoms with Crippen LogP contribution in [0, 0.1) is 5.41 Å². The molecule has 0 spiro atoms. The number of nitrogens with two attached hydrogens (primary N) is 2. The van der Waals surface area contributed by atoms with E-state index >= 15 is 0 Å². The van der Waals surface area contributed by atoms with Gasteiger partial charge in [0, 0.05) is 43.3 Å². The average Bonchev–Trinajstić information content (AvgIpc) is 3.61. The van der Waals surface area contributed by atoms with E-state index in [0.717, 1.165) is 44.6 Å². The van der Waals surface area contributed by atoms with Gasteiger partial charge in [0.15, 0.2) is 0 Å². The van der Waals surface area contributed by atoms with Gasteiger partial charge in [-0.15, -0.1) is 0 Å². The molecule has 0 bridgehead atoms. The Hall–Kier alpha value is -2.55. The molecule has 9 heteroatoms. The Kier molecular flexibility index (Phi) is 6.44. The number of methoxy groups -OCH3 is 1. The highest BCUT2D eigenvalue weighted by molar-refractivity contribution is 5.82. The minimum absolute atomic E-state index is 0.00560. The lowest BCUT2D eigenvalue weighted by Crippen LogP contribution is -2.41. The third-order valence-corrected chi connectivity index (χ3v) is 6.84. The van der Waals surface area contributed by atoms with E-state index in [9.17, 15) is 13.2 Å². The van der Waals surface area contributed by atoms with Gasteiger partial charge in [-0.2, -0.15) is 13.2 Å². The molecule has 2 aliphatic carbocycles. The summed E-state index contributed by atoms with van der Waals surface area (Å²) >= 11 is 0. The molecular weight excluding hydrogens is 431 g/mol. The summed E-state index contributed by atoms with van der Waals surface area (Å²) in [7, 11) is 3.65. The number of hydrogen-bond acceptors (Lipinski definition) is 6. The van der Waals surface area contributed by atoms with Crippen LogP contribution in [0.2, 0.25) is 0 Å². The Morgan fingerprint density at radius 1 is 1.09 bits per heavy atom. The van der Waals surface area contributed by atoms with Crippen LogP contribution in [0.1, 0.15) is 62.3 Å². The van der Waals surface area contributed by atoms with Crippen molar-refractivity contribution >= 4 is 17.2 Å². The maximum Gasteiger partial charge on any atom is 0.433 e. The molecule has 0 aliphatic heterocycles. The minimum atomic E-state index is -4.54. The van der Waals surface area contributed by atoms with Crippen LogP contribution in [-0.4, -0.2) is 37.3 Å². The molecular formula is C24H32F3N5O. The zero-order chi connectivity index (χ0) is 23.8. The molecule has 2 saturated carbocycles. The van der Waals surface area contributed by atoms with Gasteiger partial charge in [-0.1, -0.05) is 19.3 Å². The quantitative estimate of drug-likeness (QED) is 0.584. The van der Waals surface area contributed by atoms with Crippen LogP contribution < -0.4 is 16.4 Å². The first-order chi connectivity index (χ1) is 15.6. The van der Waals surface area contributed by atoms with Gasteiger partial charge in [0.2, 0.25) is 0 Å². The fourth-order valence-corrected chi connectivity index (χ4v) is 5.00. The lowest BCUT2D eigenvalue weighted by atomic mass is 9.74. The molecule has 2 heterocycles. The maximum atomic E-state index is 13.5. The number of ether oxygens (including phenoxy) is 1. The predicted molar refractivity (Wildman–Crippen MR) is 124 cm³/mol. The zero-order valence-corrected chi connectivity index (χ0v) is 19.2. The fraction of sp³-hybridized carbons (Fsp3) is 0.583. The van der Waals surface area contributed by atoms with Crippen molar-refractivity contribution in [2.45, 2.75) is 57.0 Å². The average molecular weight is 464 g/mol. The number of halogens is 3. The van der Waals surface area contributed by atoms with Crippen molar-refractivity contribution in [3.05, 3.63) is 29.6 Å². The van der Waals surface area contributed by atoms with Crippen LogP contribution in [0.4, 0.5) is 30.4 Å². The molecule has 2 aromatic rings. The van der Waals surface area contributed by atoms with E-state index in [1.54, 1.807) is 19.2 Å². The normalized spacial score (nSPS) is 18.3. The summed E-state index contributed by atoms with van der Waals surface area (Å²) in [5.41, 5.74) is 13.7. The van der Waals surface area contributed by atoms with Crippen LogP contribution in [0.3, 0.4) is 0 Å². The van der Waals surface area contributed by atoms with Gasteiger partial charge >= 0.3 is 6.18 Å². The Labute approximate surface area is 192 Å². The van der Waals surface area contributed by atoms with Gasteiger partial charge in [-0.3, -0.25) is 0 Å². The van der Waals surface area contributed by atoms with Crippen molar-refractivity contribution in [3.63, 3.8) is 0 Å². The first kappa shape index (κ1) is 23.6. The Morgan fingerprint density at radius 2 is 1.79 bits per heavy atom. The second kappa shape index (κ2) is 9.00. The highest BCUT2D eigenvalue weighted by atomic mass is 19.4. The van der Waals surface area contributed by atoms with E-state index in [4.69, 9.17) is 16.2 Å². The van der Waals surface area contributed by atoms with Gasteiger partial charge in [-0.05, 0) is 43.9 Å². The summed E-state index contributed by atoms with van der Waals surface area (Å²) in [6.45, 7) is 1.36. The van der Waals surface area contributed by atoms with Crippen molar-refractivity contribution in [2.75, 3.05) is 43.7 Å². The maximum absolute atomic E-state index is 13.5. The van der Waals surface area contributed by atoms with E-state index in [1.807, 2.05) is 11.9 Å². The van der Waals surface area contributed by atoms with E-state index in [-0.39, 0.29) is 17.2 Å². The summed E-state index contributed by atoms with van der Waals surface area (Å²) < 4.78 is 46.1. The number of anilines is 3. The number of alkyl halides is 3. The summed E-state index contributed by atoms with van der Waals surface area (Å²) in [5, 5.41) is 0. The first-order valence-electron chi connectivity index (χ1n) is 11.5. The Balaban J connectivity index is 1.71. The monoisotopic (exact) mass is 463 g/mol. The highest BCUT2D eigenvalue weighted by Crippen LogP contribution is 2.43. The SMILES string of the molecule is COCC1(CN(C)c2cc(-c3cc(C4CC4)nc(C(F)(F)F)c3)nc(N)c2N)CCCCC1. The van der Waals surface area contributed by atoms with Crippen molar-refractivity contribution in [1.82, 2.24) is 9.97 Å². The van der Waals surface area contributed by atoms with Crippen LogP contribution in [0.5, 0.6) is 0 Å². The lowest BCUT2D eigenvalue weighted by molar-refractivity contribution is -0.141. The molecule has 4 rings (SSSR count). The van der Waals surface area contributed by atoms with E-state index in [0.29, 0.717) is 41.5 Å². The number of rotatable bonds is 7. The number of aromatic nitrogens is 2. The number of nitrogen functional groups attached to an aromatic ring is 2. The molecule has 0 unspecified atom stereocenters. The molecule has 4 N–H and O–H groups in total. The number of hydrogen-bond donors (Lipinski definition) is 2. The molecule has 0 aromatic carbocycles. The molecule has 0 amide bonds. The topological polar surface area (TPSA) is 90.3 Å². The van der Waals surface area contributed by atoms with Crippen molar-refractivity contribution < 1.29 is 17.9 Å². The molecule has 33 heavy (non-hydrogen) atoms. The van der Waals surface area contributed by atoms with Gasteiger partial charge in [0.05, 0.1) is 23.7 Å². The van der Waals surface area contributed by atoms with Crippen LogP contribution in [0.15, 0.2) is 18.2 Å². The molecule has 2 aromatic heterocycles. The van der Waals surface area contributed by atoms with E-state index in [1.165, 1.54) is 6.42 Å². The molecule has 0 radical (unpaired) electrons. The molecule has 0 atom stereocenters. The van der Waals surface area contributed by atoms with E-state index in [2.05, 4.69) is 9.97 Å². The van der Waals surface area contributed by atoms with Crippen LogP contribution in [0.25, 0.3) is 11.3 Å². The summed E-state index contributed by atoms with van der Waals surface area (Å²) in [6, 6.07) is 4.48. The third kappa shape index (κ3) is 5.18. The Bertz CT molecular complexity index is 995. The molecule has 6 nitrogen and oxygen atoms in total. The van der Waals surface area contributed by atoms with Gasteiger partial charge in [-0.25, -0.2) is 9.97 Å². The second-order valence-electron chi connectivity index (χ2n) is 9.61. The summed E-state index contributed by atoms with van der Waals surface area (Å²) in [5.74, 6) is 0.177. The fourth-order valence-electron chi connectivity index (χ4n) is 5.00. The summed E-state index contributed by atoms with van der Waals surface area (Å²) in [6.07, 6.45) is 2.80. The van der Waals surface area contributed by atoms with Crippen molar-refractivity contribution in [1.29, 1.82) is 0 Å². The van der Waals surface area contributed by atoms with Crippen LogP contribution in [-0.2, 0) is 10.9 Å². The minimum Gasteiger partial charge on any atom is -0.394 e. The summed E-state index contributed by atoms with van der Waals surface area (Å²) in [4.78, 5) is 10.2. The van der Waals surface area contributed by atoms with E-state index < -0.39 is 11.9 Å². The second-order valence-corrected chi connectivity index (χ2v) is 9.61. The predicted octanol–water partition coefficient (Wildman–Crippen LogP) is 5.24. The molecule has 0 saturated heterocycles. The van der Waals surface area contributed by atoms with Gasteiger partial charge in [0.25, 0.3) is 0 Å².